The molecule has 2 heteroatoms. The SMILES string of the molecule is CCOc1ccc(C(C)O)cc1C(C)C. The van der Waals surface area contributed by atoms with Gasteiger partial charge < -0.3 is 9.84 Å². The van der Waals surface area contributed by atoms with Crippen molar-refractivity contribution in [1.29, 1.82) is 0 Å². The first-order chi connectivity index (χ1) is 7.06. The van der Waals surface area contributed by atoms with Crippen molar-refractivity contribution in [3.8, 4) is 5.75 Å². The Morgan fingerprint density at radius 2 is 1.93 bits per heavy atom. The number of hydrogen-bond donors (Lipinski definition) is 1. The number of hydrogen-bond acceptors (Lipinski definition) is 2. The van der Waals surface area contributed by atoms with E-state index in [9.17, 15) is 5.11 Å². The van der Waals surface area contributed by atoms with Gasteiger partial charge in [-0.1, -0.05) is 19.9 Å². The summed E-state index contributed by atoms with van der Waals surface area (Å²) in [6, 6.07) is 5.89. The Morgan fingerprint density at radius 3 is 2.40 bits per heavy atom. The van der Waals surface area contributed by atoms with Crippen molar-refractivity contribution >= 4 is 0 Å². The molecular weight excluding hydrogens is 188 g/mol. The summed E-state index contributed by atoms with van der Waals surface area (Å²) in [5, 5.41) is 9.51. The van der Waals surface area contributed by atoms with Gasteiger partial charge in [0.2, 0.25) is 0 Å². The fourth-order valence-corrected chi connectivity index (χ4v) is 1.56. The molecule has 0 heterocycles. The summed E-state index contributed by atoms with van der Waals surface area (Å²) in [6.07, 6.45) is -0.418. The summed E-state index contributed by atoms with van der Waals surface area (Å²) in [7, 11) is 0. The smallest absolute Gasteiger partial charge is 0.122 e. The molecule has 0 spiro atoms. The molecule has 0 saturated carbocycles. The van der Waals surface area contributed by atoms with Gasteiger partial charge in [0, 0.05) is 0 Å². The molecule has 0 aromatic heterocycles. The van der Waals surface area contributed by atoms with E-state index in [4.69, 9.17) is 4.74 Å². The van der Waals surface area contributed by atoms with Crippen LogP contribution in [0.3, 0.4) is 0 Å². The fraction of sp³-hybridized carbons (Fsp3) is 0.538. The van der Waals surface area contributed by atoms with Crippen LogP contribution < -0.4 is 4.74 Å². The van der Waals surface area contributed by atoms with E-state index in [0.29, 0.717) is 12.5 Å². The summed E-state index contributed by atoms with van der Waals surface area (Å²) in [4.78, 5) is 0. The zero-order valence-corrected chi connectivity index (χ0v) is 9.95. The van der Waals surface area contributed by atoms with E-state index in [1.807, 2.05) is 25.1 Å². The molecule has 0 saturated heterocycles. The Labute approximate surface area is 91.9 Å². The molecule has 0 radical (unpaired) electrons. The zero-order valence-electron chi connectivity index (χ0n) is 9.95. The second kappa shape index (κ2) is 5.17. The molecule has 1 atom stereocenters. The Balaban J connectivity index is 3.09. The Kier molecular flexibility index (Phi) is 4.15. The first kappa shape index (κ1) is 12.1. The molecule has 84 valence electrons. The van der Waals surface area contributed by atoms with Crippen LogP contribution in [0.15, 0.2) is 18.2 Å². The minimum absolute atomic E-state index is 0.408. The predicted octanol–water partition coefficient (Wildman–Crippen LogP) is 3.26. The van der Waals surface area contributed by atoms with Gasteiger partial charge >= 0.3 is 0 Å². The number of ether oxygens (including phenoxy) is 1. The molecule has 0 bridgehead atoms. The molecule has 0 aliphatic rings. The average molecular weight is 208 g/mol. The third-order valence-corrected chi connectivity index (χ3v) is 2.44. The molecular formula is C13H20O2. The van der Waals surface area contributed by atoms with Crippen molar-refractivity contribution in [2.75, 3.05) is 6.61 Å². The van der Waals surface area contributed by atoms with Crippen LogP contribution in [0.5, 0.6) is 5.75 Å². The predicted molar refractivity (Wildman–Crippen MR) is 62.3 cm³/mol. The largest absolute Gasteiger partial charge is 0.494 e. The highest BCUT2D eigenvalue weighted by Gasteiger charge is 2.10. The highest BCUT2D eigenvalue weighted by molar-refractivity contribution is 5.39. The van der Waals surface area contributed by atoms with E-state index in [0.717, 1.165) is 16.9 Å². The van der Waals surface area contributed by atoms with E-state index in [1.54, 1.807) is 6.92 Å². The summed E-state index contributed by atoms with van der Waals surface area (Å²) in [6.45, 7) is 8.69. The standard InChI is InChI=1S/C13H20O2/c1-5-15-13-7-6-11(10(4)14)8-12(13)9(2)3/h6-10,14H,5H2,1-4H3. The molecule has 0 amide bonds. The number of benzene rings is 1. The Bertz CT molecular complexity index is 316. The third kappa shape index (κ3) is 2.96. The van der Waals surface area contributed by atoms with Crippen molar-refractivity contribution in [1.82, 2.24) is 0 Å². The molecule has 1 aromatic carbocycles. The fourth-order valence-electron chi connectivity index (χ4n) is 1.56. The second-order valence-corrected chi connectivity index (χ2v) is 4.06. The van der Waals surface area contributed by atoms with E-state index >= 15 is 0 Å². The van der Waals surface area contributed by atoms with Crippen LogP contribution >= 0.6 is 0 Å². The molecule has 0 aliphatic carbocycles. The van der Waals surface area contributed by atoms with Gasteiger partial charge in [-0.25, -0.2) is 0 Å². The van der Waals surface area contributed by atoms with Crippen molar-refractivity contribution in [3.63, 3.8) is 0 Å². The van der Waals surface area contributed by atoms with Crippen LogP contribution in [0, 0.1) is 0 Å². The van der Waals surface area contributed by atoms with Crippen LogP contribution in [0.2, 0.25) is 0 Å². The van der Waals surface area contributed by atoms with E-state index in [-0.39, 0.29) is 0 Å². The minimum atomic E-state index is -0.418. The molecule has 1 rings (SSSR count). The maximum Gasteiger partial charge on any atom is 0.122 e. The Morgan fingerprint density at radius 1 is 1.27 bits per heavy atom. The normalized spacial score (nSPS) is 12.9. The van der Waals surface area contributed by atoms with Crippen molar-refractivity contribution in [2.45, 2.75) is 39.7 Å². The van der Waals surface area contributed by atoms with Gasteiger partial charge in [0.15, 0.2) is 0 Å². The second-order valence-electron chi connectivity index (χ2n) is 4.06. The van der Waals surface area contributed by atoms with Crippen LogP contribution in [-0.2, 0) is 0 Å². The molecule has 1 aromatic rings. The minimum Gasteiger partial charge on any atom is -0.494 e. The first-order valence-electron chi connectivity index (χ1n) is 5.51. The van der Waals surface area contributed by atoms with E-state index < -0.39 is 6.10 Å². The first-order valence-corrected chi connectivity index (χ1v) is 5.51. The van der Waals surface area contributed by atoms with E-state index in [2.05, 4.69) is 13.8 Å². The maximum absolute atomic E-state index is 9.51. The topological polar surface area (TPSA) is 29.5 Å². The van der Waals surface area contributed by atoms with Gasteiger partial charge in [0.1, 0.15) is 5.75 Å². The quantitative estimate of drug-likeness (QED) is 0.823. The van der Waals surface area contributed by atoms with Gasteiger partial charge in [-0.05, 0) is 43.0 Å². The molecule has 2 nitrogen and oxygen atoms in total. The van der Waals surface area contributed by atoms with Crippen LogP contribution in [0.1, 0.15) is 50.8 Å². The Hall–Kier alpha value is -1.02. The summed E-state index contributed by atoms with van der Waals surface area (Å²) in [5.41, 5.74) is 2.11. The van der Waals surface area contributed by atoms with Gasteiger partial charge in [-0.2, -0.15) is 0 Å². The summed E-state index contributed by atoms with van der Waals surface area (Å²) in [5.74, 6) is 1.34. The molecule has 0 aliphatic heterocycles. The number of rotatable bonds is 4. The van der Waals surface area contributed by atoms with E-state index in [1.165, 1.54) is 0 Å². The summed E-state index contributed by atoms with van der Waals surface area (Å²) < 4.78 is 5.55. The van der Waals surface area contributed by atoms with Gasteiger partial charge in [-0.3, -0.25) is 0 Å². The monoisotopic (exact) mass is 208 g/mol. The van der Waals surface area contributed by atoms with Gasteiger partial charge in [0.25, 0.3) is 0 Å². The van der Waals surface area contributed by atoms with Gasteiger partial charge in [-0.15, -0.1) is 0 Å². The molecule has 1 unspecified atom stereocenters. The molecule has 15 heavy (non-hydrogen) atoms. The average Bonchev–Trinajstić information content (AvgIpc) is 2.18. The lowest BCUT2D eigenvalue weighted by atomic mass is 9.98. The lowest BCUT2D eigenvalue weighted by molar-refractivity contribution is 0.199. The maximum atomic E-state index is 9.51. The number of aliphatic hydroxyl groups is 1. The zero-order chi connectivity index (χ0) is 11.4. The highest BCUT2D eigenvalue weighted by Crippen LogP contribution is 2.29. The van der Waals surface area contributed by atoms with Crippen LogP contribution in [-0.4, -0.2) is 11.7 Å². The third-order valence-electron chi connectivity index (χ3n) is 2.44. The molecule has 0 fully saturated rings. The van der Waals surface area contributed by atoms with Crippen molar-refractivity contribution < 1.29 is 9.84 Å². The van der Waals surface area contributed by atoms with Crippen LogP contribution in [0.4, 0.5) is 0 Å². The van der Waals surface area contributed by atoms with Crippen LogP contribution in [0.25, 0.3) is 0 Å². The van der Waals surface area contributed by atoms with Crippen molar-refractivity contribution in [3.05, 3.63) is 29.3 Å². The lowest BCUT2D eigenvalue weighted by Gasteiger charge is -2.15. The lowest BCUT2D eigenvalue weighted by Crippen LogP contribution is -2.01. The highest BCUT2D eigenvalue weighted by atomic mass is 16.5. The van der Waals surface area contributed by atoms with Crippen molar-refractivity contribution in [2.24, 2.45) is 0 Å². The van der Waals surface area contributed by atoms with Gasteiger partial charge in [0.05, 0.1) is 12.7 Å². The molecule has 1 N–H and O–H groups in total. The number of aliphatic hydroxyl groups excluding tert-OH is 1. The summed E-state index contributed by atoms with van der Waals surface area (Å²) >= 11 is 0.